The second-order valence-electron chi connectivity index (χ2n) is 4.19. The lowest BCUT2D eigenvalue weighted by atomic mass is 10.2. The normalized spacial score (nSPS) is 10.5. The molecule has 1 amide bonds. The summed E-state index contributed by atoms with van der Waals surface area (Å²) in [5, 5.41) is 1.20. The van der Waals surface area contributed by atoms with E-state index in [1.165, 1.54) is 23.1 Å². The number of halogens is 1. The quantitative estimate of drug-likeness (QED) is 0.857. The smallest absolute Gasteiger partial charge is 0.233 e. The maximum Gasteiger partial charge on any atom is 0.233 e. The van der Waals surface area contributed by atoms with Crippen LogP contribution in [0.3, 0.4) is 0 Å². The molecule has 1 heterocycles. The van der Waals surface area contributed by atoms with E-state index in [0.29, 0.717) is 22.5 Å². The first kappa shape index (κ1) is 15.2. The molecule has 0 aliphatic rings. The van der Waals surface area contributed by atoms with E-state index < -0.39 is 0 Å². The number of rotatable bonds is 5. The number of hydrogen-bond donors (Lipinski definition) is 1. The molecule has 7 heteroatoms. The van der Waals surface area contributed by atoms with E-state index in [4.69, 9.17) is 17.3 Å². The molecule has 1 aromatic carbocycles. The highest BCUT2D eigenvalue weighted by Gasteiger charge is 2.11. The number of hydrogen-bond acceptors (Lipinski definition) is 5. The number of benzene rings is 1. The van der Waals surface area contributed by atoms with Crippen molar-refractivity contribution in [2.45, 2.75) is 10.8 Å². The molecule has 0 spiro atoms. The zero-order valence-corrected chi connectivity index (χ0v) is 13.3. The predicted molar refractivity (Wildman–Crippen MR) is 85.2 cm³/mol. The highest BCUT2D eigenvalue weighted by molar-refractivity contribution is 8.01. The fraction of sp³-hybridized carbons (Fsp3) is 0.231. The third-order valence-electron chi connectivity index (χ3n) is 2.57. The molecular weight excluding hydrogens is 314 g/mol. The van der Waals surface area contributed by atoms with Gasteiger partial charge in [0.25, 0.3) is 0 Å². The lowest BCUT2D eigenvalue weighted by molar-refractivity contribution is -0.127. The van der Waals surface area contributed by atoms with Crippen LogP contribution < -0.4 is 5.73 Å². The van der Waals surface area contributed by atoms with E-state index in [1.807, 2.05) is 24.3 Å². The summed E-state index contributed by atoms with van der Waals surface area (Å²) in [5.41, 5.74) is 6.56. The van der Waals surface area contributed by atoms with Gasteiger partial charge in [0.1, 0.15) is 0 Å². The van der Waals surface area contributed by atoms with Crippen LogP contribution in [0.4, 0.5) is 5.13 Å². The summed E-state index contributed by atoms with van der Waals surface area (Å²) in [6, 6.07) is 7.51. The van der Waals surface area contributed by atoms with E-state index in [9.17, 15) is 4.79 Å². The zero-order chi connectivity index (χ0) is 14.5. The molecule has 0 saturated heterocycles. The third-order valence-corrected chi connectivity index (χ3v) is 4.82. The number of carbonyl (C=O) groups excluding carboxylic acids is 1. The molecule has 0 fully saturated rings. The number of amides is 1. The van der Waals surface area contributed by atoms with Crippen LogP contribution in [0.15, 0.2) is 34.7 Å². The van der Waals surface area contributed by atoms with E-state index in [1.54, 1.807) is 18.1 Å². The number of nitrogens with two attached hydrogens (primary N) is 1. The molecule has 0 aliphatic heterocycles. The number of anilines is 1. The topological polar surface area (TPSA) is 59.2 Å². The van der Waals surface area contributed by atoms with Crippen molar-refractivity contribution in [1.29, 1.82) is 0 Å². The zero-order valence-electron chi connectivity index (χ0n) is 10.9. The van der Waals surface area contributed by atoms with Crippen molar-refractivity contribution in [3.05, 3.63) is 41.0 Å². The van der Waals surface area contributed by atoms with Gasteiger partial charge in [0.15, 0.2) is 5.13 Å². The van der Waals surface area contributed by atoms with Gasteiger partial charge >= 0.3 is 0 Å². The summed E-state index contributed by atoms with van der Waals surface area (Å²) < 4.78 is 0.951. The van der Waals surface area contributed by atoms with Gasteiger partial charge in [0, 0.05) is 18.6 Å². The van der Waals surface area contributed by atoms with Crippen LogP contribution in [-0.2, 0) is 11.3 Å². The van der Waals surface area contributed by atoms with Gasteiger partial charge in [-0.1, -0.05) is 35.1 Å². The van der Waals surface area contributed by atoms with Gasteiger partial charge in [-0.3, -0.25) is 4.79 Å². The monoisotopic (exact) mass is 327 g/mol. The first-order valence-corrected chi connectivity index (χ1v) is 8.05. The number of carbonyl (C=O) groups is 1. The highest BCUT2D eigenvalue weighted by atomic mass is 35.5. The molecular formula is C13H14ClN3OS2. The molecule has 0 atom stereocenters. The molecule has 106 valence electrons. The van der Waals surface area contributed by atoms with Crippen molar-refractivity contribution in [3.8, 4) is 0 Å². The van der Waals surface area contributed by atoms with Crippen molar-refractivity contribution in [2.75, 3.05) is 18.5 Å². The van der Waals surface area contributed by atoms with Gasteiger partial charge in [0.2, 0.25) is 5.91 Å². The van der Waals surface area contributed by atoms with E-state index in [-0.39, 0.29) is 5.91 Å². The molecule has 2 aromatic rings. The summed E-state index contributed by atoms with van der Waals surface area (Å²) in [5.74, 6) is 0.431. The minimum atomic E-state index is 0.0574. The van der Waals surface area contributed by atoms with Gasteiger partial charge in [-0.05, 0) is 17.7 Å². The average molecular weight is 328 g/mol. The van der Waals surface area contributed by atoms with E-state index in [0.717, 1.165) is 9.77 Å². The van der Waals surface area contributed by atoms with Gasteiger partial charge in [-0.15, -0.1) is 11.8 Å². The Bertz CT molecular complexity index is 603. The minimum Gasteiger partial charge on any atom is -0.375 e. The standard InChI is InChI=1S/C13H14ClN3OS2/c1-17(7-9-3-2-4-10(14)5-9)11(18)8-19-12-6-16-13(15)20-12/h2-6H,7-8H2,1H3,(H2,15,16). The first-order chi connectivity index (χ1) is 9.54. The average Bonchev–Trinajstić information content (AvgIpc) is 2.81. The van der Waals surface area contributed by atoms with Gasteiger partial charge in [-0.25, -0.2) is 4.98 Å². The van der Waals surface area contributed by atoms with E-state index in [2.05, 4.69) is 4.98 Å². The first-order valence-electron chi connectivity index (χ1n) is 5.87. The van der Waals surface area contributed by atoms with Gasteiger partial charge in [0.05, 0.1) is 16.2 Å². The largest absolute Gasteiger partial charge is 0.375 e. The van der Waals surface area contributed by atoms with Crippen LogP contribution >= 0.6 is 34.7 Å². The van der Waals surface area contributed by atoms with Crippen LogP contribution in [0.1, 0.15) is 5.56 Å². The molecule has 0 unspecified atom stereocenters. The number of thiazole rings is 1. The number of nitrogens with zero attached hydrogens (tertiary/aromatic N) is 2. The molecule has 0 aliphatic carbocycles. The van der Waals surface area contributed by atoms with Crippen LogP contribution in [0.25, 0.3) is 0 Å². The second-order valence-corrected chi connectivity index (χ2v) is 6.96. The maximum absolute atomic E-state index is 12.0. The Hall–Kier alpha value is -1.24. The molecule has 1 aromatic heterocycles. The van der Waals surface area contributed by atoms with Crippen molar-refractivity contribution < 1.29 is 4.79 Å². The van der Waals surface area contributed by atoms with Crippen LogP contribution in [0.5, 0.6) is 0 Å². The summed E-state index contributed by atoms with van der Waals surface area (Å²) in [7, 11) is 1.78. The van der Waals surface area contributed by atoms with E-state index >= 15 is 0 Å². The summed E-state index contributed by atoms with van der Waals surface area (Å²) >= 11 is 8.77. The lowest BCUT2D eigenvalue weighted by Crippen LogP contribution is -2.27. The van der Waals surface area contributed by atoms with Crippen LogP contribution in [0, 0.1) is 0 Å². The highest BCUT2D eigenvalue weighted by Crippen LogP contribution is 2.26. The van der Waals surface area contributed by atoms with Crippen molar-refractivity contribution in [2.24, 2.45) is 0 Å². The molecule has 2 rings (SSSR count). The summed E-state index contributed by atoms with van der Waals surface area (Å²) in [6.07, 6.45) is 1.69. The molecule has 20 heavy (non-hydrogen) atoms. The summed E-state index contributed by atoms with van der Waals surface area (Å²) in [6.45, 7) is 0.546. The van der Waals surface area contributed by atoms with Crippen molar-refractivity contribution in [1.82, 2.24) is 9.88 Å². The number of thioether (sulfide) groups is 1. The molecule has 0 saturated carbocycles. The van der Waals surface area contributed by atoms with Crippen LogP contribution in [-0.4, -0.2) is 28.6 Å². The predicted octanol–water partition coefficient (Wildman–Crippen LogP) is 3.13. The van der Waals surface area contributed by atoms with Crippen LogP contribution in [0.2, 0.25) is 5.02 Å². The molecule has 0 radical (unpaired) electrons. The Balaban J connectivity index is 1.85. The SMILES string of the molecule is CN(Cc1cccc(Cl)c1)C(=O)CSc1cnc(N)s1. The number of aromatic nitrogens is 1. The second kappa shape index (κ2) is 6.97. The Kier molecular flexibility index (Phi) is 5.28. The summed E-state index contributed by atoms with van der Waals surface area (Å²) in [4.78, 5) is 17.7. The Morgan fingerprint density at radius 1 is 1.55 bits per heavy atom. The Morgan fingerprint density at radius 2 is 2.35 bits per heavy atom. The Morgan fingerprint density at radius 3 is 3.00 bits per heavy atom. The van der Waals surface area contributed by atoms with Gasteiger partial charge < -0.3 is 10.6 Å². The van der Waals surface area contributed by atoms with Crippen molar-refractivity contribution >= 4 is 45.7 Å². The lowest BCUT2D eigenvalue weighted by Gasteiger charge is -2.17. The molecule has 2 N–H and O–H groups in total. The third kappa shape index (κ3) is 4.40. The fourth-order valence-corrected chi connectivity index (χ4v) is 3.49. The minimum absolute atomic E-state index is 0.0574. The molecule has 0 bridgehead atoms. The Labute approximate surface area is 130 Å². The number of nitrogen functional groups attached to an aromatic ring is 1. The molecule has 4 nitrogen and oxygen atoms in total. The van der Waals surface area contributed by atoms with Crippen molar-refractivity contribution in [3.63, 3.8) is 0 Å². The van der Waals surface area contributed by atoms with Gasteiger partial charge in [-0.2, -0.15) is 0 Å². The maximum atomic E-state index is 12.0. The fourth-order valence-electron chi connectivity index (χ4n) is 1.58.